The Kier molecular flexibility index (Phi) is 4.89. The van der Waals surface area contributed by atoms with Crippen molar-refractivity contribution in [2.75, 3.05) is 0 Å². The highest BCUT2D eigenvalue weighted by molar-refractivity contribution is 5.91. The second-order valence-electron chi connectivity index (χ2n) is 7.23. The standard InChI is InChI=1S/C27H24/c1-20(2)21-16-18-23(19-17-21)25-13-7-9-15-27(25)26-14-8-6-12-24(26)22-10-4-3-5-11-22/h3-20H,1-2H3. The zero-order chi connectivity index (χ0) is 18.6. The Balaban J connectivity index is 1.86. The van der Waals surface area contributed by atoms with E-state index in [1.807, 2.05) is 0 Å². The summed E-state index contributed by atoms with van der Waals surface area (Å²) in [7, 11) is 0. The van der Waals surface area contributed by atoms with Gasteiger partial charge in [-0.15, -0.1) is 0 Å². The van der Waals surface area contributed by atoms with Crippen molar-refractivity contribution in [1.82, 2.24) is 0 Å². The molecule has 0 nitrogen and oxygen atoms in total. The Labute approximate surface area is 162 Å². The molecular formula is C27H24. The Morgan fingerprint density at radius 1 is 0.407 bits per heavy atom. The van der Waals surface area contributed by atoms with Gasteiger partial charge in [0.05, 0.1) is 0 Å². The van der Waals surface area contributed by atoms with Gasteiger partial charge >= 0.3 is 0 Å². The zero-order valence-electron chi connectivity index (χ0n) is 15.9. The maximum Gasteiger partial charge on any atom is -0.00992 e. The highest BCUT2D eigenvalue weighted by atomic mass is 14.2. The molecule has 0 aliphatic heterocycles. The van der Waals surface area contributed by atoms with Crippen molar-refractivity contribution in [1.29, 1.82) is 0 Å². The van der Waals surface area contributed by atoms with Gasteiger partial charge in [0.1, 0.15) is 0 Å². The van der Waals surface area contributed by atoms with E-state index in [1.165, 1.54) is 38.9 Å². The van der Waals surface area contributed by atoms with Crippen LogP contribution in [0.4, 0.5) is 0 Å². The molecule has 27 heavy (non-hydrogen) atoms. The van der Waals surface area contributed by atoms with Crippen molar-refractivity contribution >= 4 is 0 Å². The SMILES string of the molecule is CC(C)c1ccc(-c2ccccc2-c2ccccc2-c2ccccc2)cc1. The summed E-state index contributed by atoms with van der Waals surface area (Å²) < 4.78 is 0. The molecule has 132 valence electrons. The normalized spacial score (nSPS) is 10.9. The molecule has 0 aliphatic rings. The molecule has 4 rings (SSSR count). The molecule has 0 aromatic heterocycles. The van der Waals surface area contributed by atoms with E-state index in [2.05, 4.69) is 117 Å². The number of hydrogen-bond donors (Lipinski definition) is 0. The molecule has 0 heterocycles. The van der Waals surface area contributed by atoms with Crippen molar-refractivity contribution in [2.45, 2.75) is 19.8 Å². The highest BCUT2D eigenvalue weighted by Gasteiger charge is 2.12. The van der Waals surface area contributed by atoms with Crippen LogP contribution in [0.5, 0.6) is 0 Å². The summed E-state index contributed by atoms with van der Waals surface area (Å²) in [5.74, 6) is 0.549. The molecule has 0 spiro atoms. The molecule has 0 N–H and O–H groups in total. The molecule has 0 saturated carbocycles. The first-order chi connectivity index (χ1) is 13.2. The van der Waals surface area contributed by atoms with Gasteiger partial charge in [-0.25, -0.2) is 0 Å². The van der Waals surface area contributed by atoms with Gasteiger partial charge in [-0.1, -0.05) is 117 Å². The van der Waals surface area contributed by atoms with E-state index < -0.39 is 0 Å². The third kappa shape index (κ3) is 3.57. The second-order valence-corrected chi connectivity index (χ2v) is 7.23. The van der Waals surface area contributed by atoms with E-state index in [1.54, 1.807) is 0 Å². The average molecular weight is 348 g/mol. The smallest absolute Gasteiger partial charge is 0.00992 e. The molecular weight excluding hydrogens is 324 g/mol. The van der Waals surface area contributed by atoms with Crippen LogP contribution in [-0.2, 0) is 0 Å². The first kappa shape index (κ1) is 17.3. The van der Waals surface area contributed by atoms with Crippen LogP contribution in [0.15, 0.2) is 103 Å². The first-order valence-corrected chi connectivity index (χ1v) is 9.58. The molecule has 0 radical (unpaired) electrons. The van der Waals surface area contributed by atoms with Gasteiger partial charge in [0.2, 0.25) is 0 Å². The second kappa shape index (κ2) is 7.63. The Morgan fingerprint density at radius 3 is 1.30 bits per heavy atom. The maximum atomic E-state index is 2.25. The average Bonchev–Trinajstić information content (AvgIpc) is 2.74. The van der Waals surface area contributed by atoms with Gasteiger partial charge in [0.25, 0.3) is 0 Å². The molecule has 4 aromatic rings. The molecule has 0 heteroatoms. The quantitative estimate of drug-likeness (QED) is 0.353. The van der Waals surface area contributed by atoms with E-state index in [4.69, 9.17) is 0 Å². The van der Waals surface area contributed by atoms with E-state index in [0.29, 0.717) is 5.92 Å². The summed E-state index contributed by atoms with van der Waals surface area (Å²) in [5.41, 5.74) is 8.97. The summed E-state index contributed by atoms with van der Waals surface area (Å²) in [6.45, 7) is 4.47. The lowest BCUT2D eigenvalue weighted by atomic mass is 9.89. The lowest BCUT2D eigenvalue weighted by Gasteiger charge is -2.15. The number of rotatable bonds is 4. The van der Waals surface area contributed by atoms with Crippen molar-refractivity contribution < 1.29 is 0 Å². The predicted octanol–water partition coefficient (Wildman–Crippen LogP) is 7.81. The van der Waals surface area contributed by atoms with Gasteiger partial charge in [-0.3, -0.25) is 0 Å². The van der Waals surface area contributed by atoms with Gasteiger partial charge in [-0.05, 0) is 44.9 Å². The Hall–Kier alpha value is -3.12. The minimum absolute atomic E-state index is 0.549. The van der Waals surface area contributed by atoms with Crippen LogP contribution >= 0.6 is 0 Å². The molecule has 0 unspecified atom stereocenters. The van der Waals surface area contributed by atoms with Crippen molar-refractivity contribution in [2.24, 2.45) is 0 Å². The predicted molar refractivity (Wildman–Crippen MR) is 117 cm³/mol. The summed E-state index contributed by atoms with van der Waals surface area (Å²) in [4.78, 5) is 0. The molecule has 0 bridgehead atoms. The number of hydrogen-bond acceptors (Lipinski definition) is 0. The van der Waals surface area contributed by atoms with Crippen LogP contribution in [0.2, 0.25) is 0 Å². The van der Waals surface area contributed by atoms with Crippen LogP contribution in [0.1, 0.15) is 25.3 Å². The molecule has 0 amide bonds. The minimum atomic E-state index is 0.549. The van der Waals surface area contributed by atoms with E-state index in [0.717, 1.165) is 0 Å². The monoisotopic (exact) mass is 348 g/mol. The van der Waals surface area contributed by atoms with Gasteiger partial charge < -0.3 is 0 Å². The lowest BCUT2D eigenvalue weighted by molar-refractivity contribution is 0.867. The summed E-state index contributed by atoms with van der Waals surface area (Å²) in [5, 5.41) is 0. The first-order valence-electron chi connectivity index (χ1n) is 9.58. The topological polar surface area (TPSA) is 0 Å². The van der Waals surface area contributed by atoms with Gasteiger partial charge in [0.15, 0.2) is 0 Å². The fraction of sp³-hybridized carbons (Fsp3) is 0.111. The Morgan fingerprint density at radius 2 is 0.815 bits per heavy atom. The zero-order valence-corrected chi connectivity index (χ0v) is 15.9. The van der Waals surface area contributed by atoms with Gasteiger partial charge in [0, 0.05) is 0 Å². The molecule has 0 saturated heterocycles. The van der Waals surface area contributed by atoms with Crippen LogP contribution in [0, 0.1) is 0 Å². The molecule has 4 aromatic carbocycles. The van der Waals surface area contributed by atoms with Gasteiger partial charge in [-0.2, -0.15) is 0 Å². The van der Waals surface area contributed by atoms with Crippen LogP contribution in [-0.4, -0.2) is 0 Å². The minimum Gasteiger partial charge on any atom is -0.0622 e. The van der Waals surface area contributed by atoms with Crippen LogP contribution < -0.4 is 0 Å². The summed E-state index contributed by atoms with van der Waals surface area (Å²) in [6, 6.07) is 37.0. The van der Waals surface area contributed by atoms with Crippen molar-refractivity contribution in [3.63, 3.8) is 0 Å². The molecule has 0 atom stereocenters. The van der Waals surface area contributed by atoms with Crippen LogP contribution in [0.3, 0.4) is 0 Å². The lowest BCUT2D eigenvalue weighted by Crippen LogP contribution is -1.90. The molecule has 0 fully saturated rings. The molecule has 0 aliphatic carbocycles. The fourth-order valence-corrected chi connectivity index (χ4v) is 3.60. The van der Waals surface area contributed by atoms with Crippen LogP contribution in [0.25, 0.3) is 33.4 Å². The summed E-state index contributed by atoms with van der Waals surface area (Å²) >= 11 is 0. The van der Waals surface area contributed by atoms with Crippen molar-refractivity contribution in [3.05, 3.63) is 109 Å². The summed E-state index contributed by atoms with van der Waals surface area (Å²) in [6.07, 6.45) is 0. The van der Waals surface area contributed by atoms with E-state index in [9.17, 15) is 0 Å². The highest BCUT2D eigenvalue weighted by Crippen LogP contribution is 2.38. The van der Waals surface area contributed by atoms with E-state index in [-0.39, 0.29) is 0 Å². The largest absolute Gasteiger partial charge is 0.0622 e. The third-order valence-electron chi connectivity index (χ3n) is 5.12. The van der Waals surface area contributed by atoms with Crippen molar-refractivity contribution in [3.8, 4) is 33.4 Å². The van der Waals surface area contributed by atoms with E-state index >= 15 is 0 Å². The number of benzene rings is 4. The fourth-order valence-electron chi connectivity index (χ4n) is 3.60. The maximum absolute atomic E-state index is 2.25. The Bertz CT molecular complexity index is 1020. The third-order valence-corrected chi connectivity index (χ3v) is 5.12.